The zero-order chi connectivity index (χ0) is 7.56. The van der Waals surface area contributed by atoms with Crippen molar-refractivity contribution in [2.24, 2.45) is 5.73 Å². The number of rotatable bonds is 1. The number of aromatic amines is 1. The first kappa shape index (κ1) is 7.02. The minimum absolute atomic E-state index is 0.0995. The quantitative estimate of drug-likeness (QED) is 0.590. The lowest BCUT2D eigenvalue weighted by Crippen LogP contribution is -2.18. The highest BCUT2D eigenvalue weighted by molar-refractivity contribution is 5.12. The van der Waals surface area contributed by atoms with Crippen LogP contribution in [0.25, 0.3) is 0 Å². The molecule has 0 bridgehead atoms. The van der Waals surface area contributed by atoms with Gasteiger partial charge >= 0.3 is 0 Å². The van der Waals surface area contributed by atoms with Crippen LogP contribution in [0.5, 0.6) is 0 Å². The topological polar surface area (TPSA) is 58.9 Å². The van der Waals surface area contributed by atoms with Crippen molar-refractivity contribution in [3.63, 3.8) is 0 Å². The van der Waals surface area contributed by atoms with Gasteiger partial charge in [-0.1, -0.05) is 6.07 Å². The third kappa shape index (κ3) is 1.25. The number of hydrogen-bond acceptors (Lipinski definition) is 2. The molecule has 3 nitrogen and oxygen atoms in total. The number of aromatic nitrogens is 1. The van der Waals surface area contributed by atoms with Gasteiger partial charge in [-0.2, -0.15) is 0 Å². The number of pyridine rings is 1. The molecular formula is C7H10N2O. The lowest BCUT2D eigenvalue weighted by molar-refractivity contribution is 0.800. The Morgan fingerprint density at radius 1 is 1.70 bits per heavy atom. The van der Waals surface area contributed by atoms with Gasteiger partial charge in [0.1, 0.15) is 0 Å². The average Bonchev–Trinajstić information content (AvgIpc) is 1.88. The molecule has 1 aromatic rings. The molecule has 1 aromatic heterocycles. The lowest BCUT2D eigenvalue weighted by Gasteiger charge is -2.00. The minimum atomic E-state index is -0.190. The van der Waals surface area contributed by atoms with Crippen molar-refractivity contribution >= 4 is 0 Å². The van der Waals surface area contributed by atoms with E-state index < -0.39 is 0 Å². The molecule has 3 heteroatoms. The summed E-state index contributed by atoms with van der Waals surface area (Å²) in [6.07, 6.45) is 1.59. The second kappa shape index (κ2) is 2.66. The average molecular weight is 138 g/mol. The van der Waals surface area contributed by atoms with E-state index in [1.54, 1.807) is 25.3 Å². The normalized spacial score (nSPS) is 13.0. The molecule has 0 fully saturated rings. The predicted octanol–water partition coefficient (Wildman–Crippen LogP) is 0.395. The van der Waals surface area contributed by atoms with Crippen LogP contribution < -0.4 is 11.3 Å². The standard InChI is InChI=1S/C7H10N2O/c1-5(8)6-3-2-4-9-7(6)10/h2-5H,8H2,1H3,(H,9,10). The van der Waals surface area contributed by atoms with E-state index in [0.717, 1.165) is 0 Å². The molecule has 0 saturated heterocycles. The molecule has 10 heavy (non-hydrogen) atoms. The van der Waals surface area contributed by atoms with Gasteiger partial charge < -0.3 is 10.7 Å². The second-order valence-electron chi connectivity index (χ2n) is 2.24. The molecule has 0 saturated carbocycles. The fourth-order valence-electron chi connectivity index (χ4n) is 0.793. The van der Waals surface area contributed by atoms with E-state index in [-0.39, 0.29) is 11.6 Å². The van der Waals surface area contributed by atoms with E-state index >= 15 is 0 Å². The summed E-state index contributed by atoms with van der Waals surface area (Å²) in [5.74, 6) is 0. The molecule has 1 heterocycles. The first-order valence-electron chi connectivity index (χ1n) is 3.15. The van der Waals surface area contributed by atoms with E-state index in [2.05, 4.69) is 4.98 Å². The fraction of sp³-hybridized carbons (Fsp3) is 0.286. The van der Waals surface area contributed by atoms with E-state index in [9.17, 15) is 4.79 Å². The van der Waals surface area contributed by atoms with Crippen molar-refractivity contribution in [2.45, 2.75) is 13.0 Å². The molecule has 0 radical (unpaired) electrons. The van der Waals surface area contributed by atoms with Crippen LogP contribution in [0, 0.1) is 0 Å². The van der Waals surface area contributed by atoms with Crippen molar-refractivity contribution in [2.75, 3.05) is 0 Å². The number of H-pyrrole nitrogens is 1. The van der Waals surface area contributed by atoms with Crippen molar-refractivity contribution in [3.05, 3.63) is 34.2 Å². The first-order chi connectivity index (χ1) is 4.72. The van der Waals surface area contributed by atoms with Gasteiger partial charge in [-0.25, -0.2) is 0 Å². The molecule has 54 valence electrons. The number of hydrogen-bond donors (Lipinski definition) is 2. The maximum Gasteiger partial charge on any atom is 0.252 e. The summed E-state index contributed by atoms with van der Waals surface area (Å²) in [5.41, 5.74) is 6.02. The highest BCUT2D eigenvalue weighted by atomic mass is 16.1. The Kier molecular flexibility index (Phi) is 1.87. The Labute approximate surface area is 58.9 Å². The Balaban J connectivity index is 3.16. The highest BCUT2D eigenvalue weighted by Gasteiger charge is 2.01. The molecular weight excluding hydrogens is 128 g/mol. The van der Waals surface area contributed by atoms with Crippen LogP contribution in [0.3, 0.4) is 0 Å². The van der Waals surface area contributed by atoms with Crippen molar-refractivity contribution in [3.8, 4) is 0 Å². The van der Waals surface area contributed by atoms with E-state index in [4.69, 9.17) is 5.73 Å². The van der Waals surface area contributed by atoms with Gasteiger partial charge in [0.2, 0.25) is 0 Å². The van der Waals surface area contributed by atoms with Crippen LogP contribution in [0.1, 0.15) is 18.5 Å². The summed E-state index contributed by atoms with van der Waals surface area (Å²) in [7, 11) is 0. The zero-order valence-corrected chi connectivity index (χ0v) is 5.79. The summed E-state index contributed by atoms with van der Waals surface area (Å²) in [5, 5.41) is 0. The van der Waals surface area contributed by atoms with Crippen molar-refractivity contribution in [1.82, 2.24) is 4.98 Å². The Hall–Kier alpha value is -1.09. The highest BCUT2D eigenvalue weighted by Crippen LogP contribution is 1.99. The van der Waals surface area contributed by atoms with Gasteiger partial charge in [-0.15, -0.1) is 0 Å². The Morgan fingerprint density at radius 3 is 2.80 bits per heavy atom. The SMILES string of the molecule is CC(N)c1ccc[nH]c1=O. The molecule has 0 aromatic carbocycles. The van der Waals surface area contributed by atoms with Gasteiger partial charge in [-0.05, 0) is 13.0 Å². The van der Waals surface area contributed by atoms with Crippen LogP contribution in [0.4, 0.5) is 0 Å². The Bertz CT molecular complexity index is 264. The molecule has 0 aliphatic rings. The zero-order valence-electron chi connectivity index (χ0n) is 5.79. The maximum absolute atomic E-state index is 10.9. The monoisotopic (exact) mass is 138 g/mol. The predicted molar refractivity (Wildman–Crippen MR) is 39.7 cm³/mol. The van der Waals surface area contributed by atoms with Crippen LogP contribution in [-0.4, -0.2) is 4.98 Å². The van der Waals surface area contributed by atoms with E-state index in [0.29, 0.717) is 5.56 Å². The molecule has 1 rings (SSSR count). The third-order valence-electron chi connectivity index (χ3n) is 1.34. The van der Waals surface area contributed by atoms with Crippen molar-refractivity contribution in [1.29, 1.82) is 0 Å². The van der Waals surface area contributed by atoms with Gasteiger partial charge in [0.15, 0.2) is 0 Å². The van der Waals surface area contributed by atoms with E-state index in [1.807, 2.05) is 0 Å². The fourth-order valence-corrected chi connectivity index (χ4v) is 0.793. The minimum Gasteiger partial charge on any atom is -0.329 e. The smallest absolute Gasteiger partial charge is 0.252 e. The van der Waals surface area contributed by atoms with Gasteiger partial charge in [0.05, 0.1) is 0 Å². The maximum atomic E-state index is 10.9. The summed E-state index contributed by atoms with van der Waals surface area (Å²) >= 11 is 0. The van der Waals surface area contributed by atoms with Crippen LogP contribution in [0.15, 0.2) is 23.1 Å². The molecule has 0 aliphatic carbocycles. The summed E-state index contributed by atoms with van der Waals surface area (Å²) in [6, 6.07) is 3.30. The van der Waals surface area contributed by atoms with Crippen LogP contribution in [-0.2, 0) is 0 Å². The summed E-state index contributed by atoms with van der Waals surface area (Å²) < 4.78 is 0. The second-order valence-corrected chi connectivity index (χ2v) is 2.24. The Morgan fingerprint density at radius 2 is 2.40 bits per heavy atom. The number of nitrogens with two attached hydrogens (primary N) is 1. The summed E-state index contributed by atoms with van der Waals surface area (Å²) in [6.45, 7) is 1.78. The molecule has 0 amide bonds. The van der Waals surface area contributed by atoms with Gasteiger partial charge in [0.25, 0.3) is 5.56 Å². The molecule has 0 aliphatic heterocycles. The summed E-state index contributed by atoms with van der Waals surface area (Å²) in [4.78, 5) is 13.5. The van der Waals surface area contributed by atoms with Crippen molar-refractivity contribution < 1.29 is 0 Å². The number of nitrogens with one attached hydrogen (secondary N) is 1. The van der Waals surface area contributed by atoms with Crippen LogP contribution >= 0.6 is 0 Å². The molecule has 0 spiro atoms. The first-order valence-corrected chi connectivity index (χ1v) is 3.15. The molecule has 1 atom stereocenters. The third-order valence-corrected chi connectivity index (χ3v) is 1.34. The lowest BCUT2D eigenvalue weighted by atomic mass is 10.2. The largest absolute Gasteiger partial charge is 0.329 e. The van der Waals surface area contributed by atoms with Crippen LogP contribution in [0.2, 0.25) is 0 Å². The molecule has 3 N–H and O–H groups in total. The van der Waals surface area contributed by atoms with E-state index in [1.165, 1.54) is 0 Å². The van der Waals surface area contributed by atoms with Gasteiger partial charge in [0, 0.05) is 17.8 Å². The molecule has 1 unspecified atom stereocenters. The van der Waals surface area contributed by atoms with Gasteiger partial charge in [-0.3, -0.25) is 4.79 Å².